The van der Waals surface area contributed by atoms with E-state index >= 15 is 0 Å². The predicted molar refractivity (Wildman–Crippen MR) is 98.9 cm³/mol. The van der Waals surface area contributed by atoms with Crippen molar-refractivity contribution < 1.29 is 4.42 Å². The van der Waals surface area contributed by atoms with Gasteiger partial charge < -0.3 is 14.7 Å². The minimum atomic E-state index is 0.608. The zero-order chi connectivity index (χ0) is 16.2. The second-order valence-corrected chi connectivity index (χ2v) is 6.52. The van der Waals surface area contributed by atoms with Crippen LogP contribution >= 0.6 is 22.7 Å². The van der Waals surface area contributed by atoms with Crippen molar-refractivity contribution in [1.82, 2.24) is 9.97 Å². The van der Waals surface area contributed by atoms with Crippen LogP contribution in [0, 0.1) is 0 Å². The van der Waals surface area contributed by atoms with Gasteiger partial charge in [0.2, 0.25) is 11.0 Å². The number of nitrogens with one attached hydrogen (secondary N) is 4. The van der Waals surface area contributed by atoms with E-state index in [1.807, 2.05) is 53.4 Å². The summed E-state index contributed by atoms with van der Waals surface area (Å²) in [4.78, 5) is 7.71. The number of nitrogens with zero attached hydrogens (tertiary/aromatic N) is 2. The minimum absolute atomic E-state index is 0.608. The molecule has 0 aliphatic rings. The summed E-state index contributed by atoms with van der Waals surface area (Å²) in [6, 6.07) is 11.5. The lowest BCUT2D eigenvalue weighted by molar-refractivity contribution is 0.578. The van der Waals surface area contributed by atoms with Crippen molar-refractivity contribution in [2.24, 2.45) is 0 Å². The first-order chi connectivity index (χ1) is 11.9. The average Bonchev–Trinajstić information content (AvgIpc) is 3.37. The minimum Gasteiger partial charge on any atom is -0.447 e. The molecular weight excluding hydrogens is 344 g/mol. The van der Waals surface area contributed by atoms with Crippen molar-refractivity contribution in [3.8, 4) is 0 Å². The Kier molecular flexibility index (Phi) is 4.09. The molecule has 0 radical (unpaired) electrons. The van der Waals surface area contributed by atoms with Gasteiger partial charge in [0.25, 0.3) is 0 Å². The molecule has 9 heteroatoms. The Morgan fingerprint density at radius 2 is 2.08 bits per heavy atom. The number of thiophene rings is 1. The maximum absolute atomic E-state index is 5.36. The quantitative estimate of drug-likeness (QED) is 0.358. The van der Waals surface area contributed by atoms with Crippen LogP contribution in [0.2, 0.25) is 0 Å². The Balaban J connectivity index is 1.54. The molecule has 0 fully saturated rings. The molecule has 0 atom stereocenters. The molecule has 0 aliphatic heterocycles. The Hall–Kier alpha value is -2.91. The Labute approximate surface area is 145 Å². The number of thiazole rings is 1. The fourth-order valence-electron chi connectivity index (χ4n) is 2.00. The topological polar surface area (TPSA) is 81.2 Å². The monoisotopic (exact) mass is 358 g/mol. The van der Waals surface area contributed by atoms with Gasteiger partial charge >= 0.3 is 0 Å². The maximum atomic E-state index is 5.36. The van der Waals surface area contributed by atoms with E-state index in [2.05, 4.69) is 26.1 Å². The SMILES string of the molecule is c1c[nH]c(NN(Nc2ccco2)c2nc(Nc3cccs3)cs2)c1. The number of H-pyrrole nitrogens is 1. The zero-order valence-electron chi connectivity index (χ0n) is 12.4. The van der Waals surface area contributed by atoms with Crippen molar-refractivity contribution >= 4 is 50.3 Å². The normalized spacial score (nSPS) is 10.5. The Morgan fingerprint density at radius 3 is 2.83 bits per heavy atom. The molecule has 24 heavy (non-hydrogen) atoms. The van der Waals surface area contributed by atoms with Gasteiger partial charge in [0.05, 0.1) is 11.3 Å². The third-order valence-corrected chi connectivity index (χ3v) is 4.64. The molecule has 4 heterocycles. The van der Waals surface area contributed by atoms with Crippen molar-refractivity contribution in [3.63, 3.8) is 0 Å². The lowest BCUT2D eigenvalue weighted by Gasteiger charge is -2.22. The summed E-state index contributed by atoms with van der Waals surface area (Å²) < 4.78 is 5.36. The third-order valence-electron chi connectivity index (χ3n) is 3.03. The Bertz CT molecular complexity index is 818. The molecule has 122 valence electrons. The standard InChI is InChI=1S/C15H14N6OS2/c1-4-11(16-7-1)19-21(20-13-5-2-8-22-13)15-18-12(10-24-15)17-14-6-3-9-23-14/h1-10,16-17,19-20H. The molecular formula is C15H14N6OS2. The second kappa shape index (κ2) is 6.69. The van der Waals surface area contributed by atoms with Crippen LogP contribution < -0.4 is 21.3 Å². The van der Waals surface area contributed by atoms with Gasteiger partial charge in [-0.25, -0.2) is 5.43 Å². The van der Waals surface area contributed by atoms with Crippen LogP contribution in [0.15, 0.2) is 64.0 Å². The summed E-state index contributed by atoms with van der Waals surface area (Å²) in [6.07, 6.45) is 3.46. The summed E-state index contributed by atoms with van der Waals surface area (Å²) in [6.45, 7) is 0. The first kappa shape index (κ1) is 14.7. The fourth-order valence-corrected chi connectivity index (χ4v) is 3.30. The molecule has 0 saturated carbocycles. The van der Waals surface area contributed by atoms with Gasteiger partial charge in [0.1, 0.15) is 11.6 Å². The molecule has 0 unspecified atom stereocenters. The van der Waals surface area contributed by atoms with E-state index in [4.69, 9.17) is 4.42 Å². The largest absolute Gasteiger partial charge is 0.447 e. The lowest BCUT2D eigenvalue weighted by atomic mass is 10.6. The summed E-state index contributed by atoms with van der Waals surface area (Å²) >= 11 is 3.13. The van der Waals surface area contributed by atoms with Crippen molar-refractivity contribution in [2.75, 3.05) is 21.3 Å². The number of rotatable bonds is 7. The summed E-state index contributed by atoms with van der Waals surface area (Å²) in [7, 11) is 0. The highest BCUT2D eigenvalue weighted by Crippen LogP contribution is 2.28. The molecule has 7 nitrogen and oxygen atoms in total. The van der Waals surface area contributed by atoms with Crippen molar-refractivity contribution in [1.29, 1.82) is 0 Å². The number of furan rings is 1. The van der Waals surface area contributed by atoms with E-state index in [1.54, 1.807) is 22.7 Å². The number of anilines is 5. The molecule has 0 spiro atoms. The van der Waals surface area contributed by atoms with E-state index in [-0.39, 0.29) is 0 Å². The number of hydrazine groups is 2. The van der Waals surface area contributed by atoms with E-state index < -0.39 is 0 Å². The molecule has 4 N–H and O–H groups in total. The van der Waals surface area contributed by atoms with Crippen LogP contribution in [-0.2, 0) is 0 Å². The maximum Gasteiger partial charge on any atom is 0.227 e. The van der Waals surface area contributed by atoms with Gasteiger partial charge in [-0.3, -0.25) is 5.43 Å². The summed E-state index contributed by atoms with van der Waals surface area (Å²) in [5.74, 6) is 2.23. The predicted octanol–water partition coefficient (Wildman–Crippen LogP) is 4.73. The van der Waals surface area contributed by atoms with Crippen LogP contribution in [0.1, 0.15) is 0 Å². The first-order valence-electron chi connectivity index (χ1n) is 7.13. The Morgan fingerprint density at radius 1 is 1.08 bits per heavy atom. The molecule has 4 rings (SSSR count). The molecule has 0 aromatic carbocycles. The summed E-state index contributed by atoms with van der Waals surface area (Å²) in [5, 5.41) is 10.8. The van der Waals surface area contributed by atoms with Crippen LogP contribution in [0.4, 0.5) is 27.7 Å². The zero-order valence-corrected chi connectivity index (χ0v) is 14.0. The third kappa shape index (κ3) is 3.36. The number of hydrogen-bond donors (Lipinski definition) is 4. The smallest absolute Gasteiger partial charge is 0.227 e. The molecule has 4 aromatic heterocycles. The number of aromatic nitrogens is 2. The van der Waals surface area contributed by atoms with Gasteiger partial charge in [-0.2, -0.15) is 10.1 Å². The highest BCUT2D eigenvalue weighted by molar-refractivity contribution is 7.15. The number of aromatic amines is 1. The average molecular weight is 358 g/mol. The summed E-state index contributed by atoms with van der Waals surface area (Å²) in [5.41, 5.74) is 6.36. The highest BCUT2D eigenvalue weighted by Gasteiger charge is 2.14. The lowest BCUT2D eigenvalue weighted by Crippen LogP contribution is -2.35. The van der Waals surface area contributed by atoms with Crippen LogP contribution in [-0.4, -0.2) is 9.97 Å². The van der Waals surface area contributed by atoms with E-state index in [9.17, 15) is 0 Å². The molecule has 0 bridgehead atoms. The van der Waals surface area contributed by atoms with Gasteiger partial charge in [0, 0.05) is 17.6 Å². The van der Waals surface area contributed by atoms with Crippen LogP contribution in [0.25, 0.3) is 0 Å². The second-order valence-electron chi connectivity index (χ2n) is 4.74. The molecule has 0 aliphatic carbocycles. The van der Waals surface area contributed by atoms with E-state index in [0.717, 1.165) is 21.8 Å². The molecule has 4 aromatic rings. The molecule has 0 amide bonds. The van der Waals surface area contributed by atoms with Crippen LogP contribution in [0.5, 0.6) is 0 Å². The van der Waals surface area contributed by atoms with E-state index in [1.165, 1.54) is 11.3 Å². The fraction of sp³-hybridized carbons (Fsp3) is 0. The first-order valence-corrected chi connectivity index (χ1v) is 8.89. The molecule has 0 saturated heterocycles. The highest BCUT2D eigenvalue weighted by atomic mass is 32.1. The number of hydrogen-bond acceptors (Lipinski definition) is 8. The van der Waals surface area contributed by atoms with Gasteiger partial charge in [-0.1, -0.05) is 11.3 Å². The van der Waals surface area contributed by atoms with E-state index in [0.29, 0.717) is 5.88 Å². The van der Waals surface area contributed by atoms with Crippen molar-refractivity contribution in [3.05, 3.63) is 59.6 Å². The van der Waals surface area contributed by atoms with Crippen molar-refractivity contribution in [2.45, 2.75) is 0 Å². The van der Waals surface area contributed by atoms with Gasteiger partial charge in [0.15, 0.2) is 0 Å². The van der Waals surface area contributed by atoms with Gasteiger partial charge in [-0.15, -0.1) is 11.3 Å². The van der Waals surface area contributed by atoms with Crippen LogP contribution in [0.3, 0.4) is 0 Å². The van der Waals surface area contributed by atoms with Gasteiger partial charge in [-0.05, 0) is 35.7 Å².